The number of anilines is 2. The van der Waals surface area contributed by atoms with Gasteiger partial charge in [0.15, 0.2) is 5.11 Å². The smallest absolute Gasteiger partial charge is 0.175 e. The Labute approximate surface area is 175 Å². The molecular formula is C22H22N6S. The van der Waals surface area contributed by atoms with Crippen LogP contribution < -0.4 is 10.6 Å². The van der Waals surface area contributed by atoms with Gasteiger partial charge in [-0.25, -0.2) is 0 Å². The van der Waals surface area contributed by atoms with E-state index in [0.29, 0.717) is 11.7 Å². The average Bonchev–Trinajstić information content (AvgIpc) is 3.34. The molecule has 0 aliphatic rings. The minimum Gasteiger partial charge on any atom is -0.330 e. The Hall–Kier alpha value is -3.45. The molecule has 6 nitrogen and oxygen atoms in total. The molecule has 7 heteroatoms. The zero-order valence-electron chi connectivity index (χ0n) is 16.1. The Morgan fingerprint density at radius 1 is 0.828 bits per heavy atom. The van der Waals surface area contributed by atoms with Crippen LogP contribution in [0.3, 0.4) is 0 Å². The lowest BCUT2D eigenvalue weighted by atomic mass is 10.1. The summed E-state index contributed by atoms with van der Waals surface area (Å²) >= 11 is 5.42. The summed E-state index contributed by atoms with van der Waals surface area (Å²) in [6.45, 7) is 3.55. The predicted octanol–water partition coefficient (Wildman–Crippen LogP) is 4.29. The average molecular weight is 403 g/mol. The van der Waals surface area contributed by atoms with Crippen LogP contribution >= 0.6 is 12.2 Å². The van der Waals surface area contributed by atoms with Crippen LogP contribution in [-0.2, 0) is 13.1 Å². The van der Waals surface area contributed by atoms with Gasteiger partial charge in [0.05, 0.1) is 36.9 Å². The van der Waals surface area contributed by atoms with Crippen LogP contribution in [0.1, 0.15) is 16.7 Å². The second kappa shape index (κ2) is 8.70. The molecule has 2 heterocycles. The van der Waals surface area contributed by atoms with Gasteiger partial charge >= 0.3 is 0 Å². The molecule has 146 valence electrons. The number of thiocarbonyl (C=S) groups is 1. The minimum absolute atomic E-state index is 0.500. The van der Waals surface area contributed by atoms with E-state index in [1.807, 2.05) is 52.1 Å². The molecule has 4 aromatic rings. The van der Waals surface area contributed by atoms with E-state index < -0.39 is 0 Å². The lowest BCUT2D eigenvalue weighted by Gasteiger charge is -2.07. The molecule has 0 saturated heterocycles. The summed E-state index contributed by atoms with van der Waals surface area (Å²) in [4.78, 5) is 0. The van der Waals surface area contributed by atoms with E-state index in [1.54, 1.807) is 12.4 Å². The van der Waals surface area contributed by atoms with Gasteiger partial charge in [0.2, 0.25) is 0 Å². The minimum atomic E-state index is 0.500. The molecule has 0 aliphatic heterocycles. The summed E-state index contributed by atoms with van der Waals surface area (Å²) in [7, 11) is 0. The normalized spacial score (nSPS) is 10.7. The van der Waals surface area contributed by atoms with Crippen molar-refractivity contribution in [3.63, 3.8) is 0 Å². The highest BCUT2D eigenvalue weighted by atomic mass is 32.1. The summed E-state index contributed by atoms with van der Waals surface area (Å²) in [6.07, 6.45) is 7.41. The predicted molar refractivity (Wildman–Crippen MR) is 120 cm³/mol. The summed E-state index contributed by atoms with van der Waals surface area (Å²) in [5.41, 5.74) is 5.37. The third-order valence-electron chi connectivity index (χ3n) is 4.56. The van der Waals surface area contributed by atoms with E-state index in [0.717, 1.165) is 17.9 Å². The number of aromatic nitrogens is 4. The number of nitrogens with one attached hydrogen (secondary N) is 2. The third kappa shape index (κ3) is 5.08. The first-order chi connectivity index (χ1) is 14.2. The molecule has 2 N–H and O–H groups in total. The summed E-state index contributed by atoms with van der Waals surface area (Å²) in [5.74, 6) is 0. The largest absolute Gasteiger partial charge is 0.330 e. The second-order valence-corrected chi connectivity index (χ2v) is 7.25. The highest BCUT2D eigenvalue weighted by Gasteiger charge is 2.06. The monoisotopic (exact) mass is 402 g/mol. The summed E-state index contributed by atoms with van der Waals surface area (Å²) in [6, 6.07) is 18.5. The van der Waals surface area contributed by atoms with Crippen LogP contribution in [0.2, 0.25) is 0 Å². The molecule has 0 aliphatic carbocycles. The van der Waals surface area contributed by atoms with Gasteiger partial charge < -0.3 is 10.6 Å². The zero-order chi connectivity index (χ0) is 20.1. The highest BCUT2D eigenvalue weighted by Crippen LogP contribution is 2.13. The number of nitrogens with zero attached hydrogens (tertiary/aromatic N) is 4. The van der Waals surface area contributed by atoms with Crippen molar-refractivity contribution < 1.29 is 0 Å². The van der Waals surface area contributed by atoms with Gasteiger partial charge in [0.1, 0.15) is 0 Å². The molecule has 4 rings (SSSR count). The molecule has 2 aromatic heterocycles. The second-order valence-electron chi connectivity index (χ2n) is 6.84. The Balaban J connectivity index is 1.32. The molecule has 0 radical (unpaired) electrons. The van der Waals surface area contributed by atoms with Crippen LogP contribution in [0.15, 0.2) is 79.4 Å². The Morgan fingerprint density at radius 2 is 1.41 bits per heavy atom. The number of aryl methyl sites for hydroxylation is 1. The van der Waals surface area contributed by atoms with Crippen molar-refractivity contribution >= 4 is 28.7 Å². The van der Waals surface area contributed by atoms with Crippen LogP contribution in [0.5, 0.6) is 0 Å². The maximum atomic E-state index is 5.42. The Morgan fingerprint density at radius 3 is 2.07 bits per heavy atom. The number of hydrogen-bond donors (Lipinski definition) is 2. The molecule has 0 unspecified atom stereocenters. The van der Waals surface area contributed by atoms with E-state index in [2.05, 4.69) is 52.0 Å². The number of benzene rings is 2. The van der Waals surface area contributed by atoms with Gasteiger partial charge in [-0.15, -0.1) is 0 Å². The lowest BCUT2D eigenvalue weighted by molar-refractivity contribution is 0.684. The summed E-state index contributed by atoms with van der Waals surface area (Å²) in [5, 5.41) is 15.6. The number of hydrogen-bond acceptors (Lipinski definition) is 3. The molecule has 0 fully saturated rings. The molecular weight excluding hydrogens is 380 g/mol. The van der Waals surface area contributed by atoms with Gasteiger partial charge in [-0.1, -0.05) is 54.6 Å². The molecule has 0 atom stereocenters. The summed E-state index contributed by atoms with van der Waals surface area (Å²) < 4.78 is 3.77. The topological polar surface area (TPSA) is 59.7 Å². The van der Waals surface area contributed by atoms with Crippen molar-refractivity contribution in [2.75, 3.05) is 10.6 Å². The lowest BCUT2D eigenvalue weighted by Crippen LogP contribution is -2.18. The standard InChI is InChI=1S/C22H22N6S/c1-17-7-5-6-10-19(17)14-28-16-21(12-24-28)26-22(29)25-20-11-23-27(15-20)13-18-8-3-2-4-9-18/h2-12,15-16H,13-14H2,1H3,(H2,25,26,29). The van der Waals surface area contributed by atoms with Gasteiger partial charge in [-0.3, -0.25) is 9.36 Å². The maximum Gasteiger partial charge on any atom is 0.175 e. The van der Waals surface area contributed by atoms with E-state index in [9.17, 15) is 0 Å². The number of rotatable bonds is 6. The van der Waals surface area contributed by atoms with Gasteiger partial charge in [0.25, 0.3) is 0 Å². The van der Waals surface area contributed by atoms with Crippen LogP contribution in [0, 0.1) is 6.92 Å². The first kappa shape index (κ1) is 18.9. The highest BCUT2D eigenvalue weighted by molar-refractivity contribution is 7.80. The van der Waals surface area contributed by atoms with Gasteiger partial charge in [-0.2, -0.15) is 10.2 Å². The van der Waals surface area contributed by atoms with E-state index in [-0.39, 0.29) is 0 Å². The first-order valence-corrected chi connectivity index (χ1v) is 9.78. The Kier molecular flexibility index (Phi) is 5.67. The van der Waals surface area contributed by atoms with Crippen molar-refractivity contribution in [3.8, 4) is 0 Å². The SMILES string of the molecule is Cc1ccccc1Cn1cc(NC(=S)Nc2cnn(Cc3ccccc3)c2)cn1. The van der Waals surface area contributed by atoms with Crippen molar-refractivity contribution in [2.24, 2.45) is 0 Å². The first-order valence-electron chi connectivity index (χ1n) is 9.37. The van der Waals surface area contributed by atoms with Crippen molar-refractivity contribution in [3.05, 3.63) is 96.1 Å². The van der Waals surface area contributed by atoms with Crippen LogP contribution in [0.4, 0.5) is 11.4 Å². The van der Waals surface area contributed by atoms with E-state index in [4.69, 9.17) is 12.2 Å². The molecule has 0 bridgehead atoms. The fraction of sp³-hybridized carbons (Fsp3) is 0.136. The van der Waals surface area contributed by atoms with Crippen molar-refractivity contribution in [1.29, 1.82) is 0 Å². The quantitative estimate of drug-likeness (QED) is 0.471. The maximum absolute atomic E-state index is 5.42. The molecule has 0 saturated carbocycles. The van der Waals surface area contributed by atoms with Crippen molar-refractivity contribution in [2.45, 2.75) is 20.0 Å². The van der Waals surface area contributed by atoms with Crippen LogP contribution in [-0.4, -0.2) is 24.7 Å². The van der Waals surface area contributed by atoms with E-state index in [1.165, 1.54) is 16.7 Å². The molecule has 29 heavy (non-hydrogen) atoms. The fourth-order valence-electron chi connectivity index (χ4n) is 3.06. The third-order valence-corrected chi connectivity index (χ3v) is 4.77. The molecule has 2 aromatic carbocycles. The van der Waals surface area contributed by atoms with Crippen molar-refractivity contribution in [1.82, 2.24) is 19.6 Å². The van der Waals surface area contributed by atoms with E-state index >= 15 is 0 Å². The van der Waals surface area contributed by atoms with Gasteiger partial charge in [-0.05, 0) is 35.8 Å². The molecule has 0 amide bonds. The fourth-order valence-corrected chi connectivity index (χ4v) is 3.29. The molecule has 0 spiro atoms. The van der Waals surface area contributed by atoms with Crippen LogP contribution in [0.25, 0.3) is 0 Å². The zero-order valence-corrected chi connectivity index (χ0v) is 16.9. The Bertz CT molecular complexity index is 1100. The van der Waals surface area contributed by atoms with Gasteiger partial charge in [0, 0.05) is 12.4 Å².